The molecule has 10 heteroatoms. The number of aromatic nitrogens is 4. The summed E-state index contributed by atoms with van der Waals surface area (Å²) in [4.78, 5) is 30.0. The van der Waals surface area contributed by atoms with Gasteiger partial charge in [-0.05, 0) is 62.8 Å². The molecular formula is C27H38N8OS. The Balaban J connectivity index is 1.21. The van der Waals surface area contributed by atoms with Crippen LogP contribution in [0.25, 0.3) is 11.2 Å². The Bertz CT molecular complexity index is 1170. The third-order valence-electron chi connectivity index (χ3n) is 8.47. The predicted octanol–water partition coefficient (Wildman–Crippen LogP) is 4.50. The van der Waals surface area contributed by atoms with Crippen molar-refractivity contribution in [3.8, 4) is 0 Å². The zero-order chi connectivity index (χ0) is 25.2. The fraction of sp³-hybridized carbons (Fsp3) is 0.630. The summed E-state index contributed by atoms with van der Waals surface area (Å²) in [5, 5.41) is 9.38. The van der Waals surface area contributed by atoms with Crippen LogP contribution in [0.3, 0.4) is 0 Å². The summed E-state index contributed by atoms with van der Waals surface area (Å²) >= 11 is 1.65. The van der Waals surface area contributed by atoms with Gasteiger partial charge in [0.2, 0.25) is 5.95 Å². The van der Waals surface area contributed by atoms with Crippen molar-refractivity contribution in [1.29, 1.82) is 0 Å². The molecule has 3 fully saturated rings. The highest BCUT2D eigenvalue weighted by Gasteiger charge is 2.28. The molecule has 6 rings (SSSR count). The van der Waals surface area contributed by atoms with E-state index in [1.807, 2.05) is 17.8 Å². The van der Waals surface area contributed by atoms with Gasteiger partial charge in [-0.3, -0.25) is 4.90 Å². The van der Waals surface area contributed by atoms with Crippen LogP contribution in [-0.4, -0.2) is 61.9 Å². The van der Waals surface area contributed by atoms with Crippen LogP contribution in [0.1, 0.15) is 81.2 Å². The van der Waals surface area contributed by atoms with Gasteiger partial charge in [0.1, 0.15) is 12.3 Å². The topological polar surface area (TPSA) is 114 Å². The van der Waals surface area contributed by atoms with Crippen LogP contribution in [0, 0.1) is 0 Å². The Morgan fingerprint density at radius 2 is 1.76 bits per heavy atom. The van der Waals surface area contributed by atoms with Gasteiger partial charge in [0.25, 0.3) is 0 Å². The molecule has 4 heterocycles. The lowest BCUT2D eigenvalue weighted by Crippen LogP contribution is -2.41. The highest BCUT2D eigenvalue weighted by atomic mass is 32.1. The minimum Gasteiger partial charge on any atom is -0.365 e. The molecule has 3 aromatic heterocycles. The van der Waals surface area contributed by atoms with E-state index in [4.69, 9.17) is 20.7 Å². The first kappa shape index (κ1) is 24.8. The number of hydrogen-bond acceptors (Lipinski definition) is 9. The average molecular weight is 523 g/mol. The minimum atomic E-state index is -0.145. The summed E-state index contributed by atoms with van der Waals surface area (Å²) < 4.78 is 2.27. The van der Waals surface area contributed by atoms with Crippen LogP contribution < -0.4 is 16.4 Å². The number of fused-ring (bicyclic) bond motifs is 1. The molecule has 3 aromatic rings. The Kier molecular flexibility index (Phi) is 7.39. The van der Waals surface area contributed by atoms with E-state index in [9.17, 15) is 4.79 Å². The van der Waals surface area contributed by atoms with E-state index in [0.29, 0.717) is 24.1 Å². The van der Waals surface area contributed by atoms with Gasteiger partial charge >= 0.3 is 0 Å². The molecule has 4 N–H and O–H groups in total. The van der Waals surface area contributed by atoms with Crippen LogP contribution in [0.15, 0.2) is 23.8 Å². The molecule has 1 saturated heterocycles. The summed E-state index contributed by atoms with van der Waals surface area (Å²) in [6, 6.07) is 5.34. The number of nitrogens with zero attached hydrogens (tertiary/aromatic N) is 5. The van der Waals surface area contributed by atoms with Crippen molar-refractivity contribution in [2.24, 2.45) is 5.73 Å². The van der Waals surface area contributed by atoms with Gasteiger partial charge in [-0.25, -0.2) is 4.98 Å². The van der Waals surface area contributed by atoms with Crippen molar-refractivity contribution in [1.82, 2.24) is 24.4 Å². The molecule has 1 unspecified atom stereocenters. The van der Waals surface area contributed by atoms with E-state index >= 15 is 0 Å². The molecule has 198 valence electrons. The van der Waals surface area contributed by atoms with E-state index in [1.54, 1.807) is 11.3 Å². The van der Waals surface area contributed by atoms with E-state index in [0.717, 1.165) is 79.8 Å². The first-order chi connectivity index (χ1) is 18.2. The molecule has 0 spiro atoms. The van der Waals surface area contributed by atoms with Crippen molar-refractivity contribution >= 4 is 40.6 Å². The first-order valence-corrected chi connectivity index (χ1v) is 14.8. The second-order valence-corrected chi connectivity index (χ2v) is 11.9. The van der Waals surface area contributed by atoms with Gasteiger partial charge in [0, 0.05) is 42.1 Å². The van der Waals surface area contributed by atoms with Crippen LogP contribution in [0.4, 0.5) is 11.8 Å². The smallest absolute Gasteiger partial charge is 0.227 e. The number of anilines is 2. The number of imidazole rings is 1. The number of nitrogens with one attached hydrogen (secondary N) is 2. The second-order valence-electron chi connectivity index (χ2n) is 11.0. The van der Waals surface area contributed by atoms with Gasteiger partial charge in [0.05, 0.1) is 6.33 Å². The highest BCUT2D eigenvalue weighted by molar-refractivity contribution is 7.10. The van der Waals surface area contributed by atoms with Gasteiger partial charge in [-0.1, -0.05) is 18.9 Å². The average Bonchev–Trinajstić information content (AvgIpc) is 3.69. The van der Waals surface area contributed by atoms with Gasteiger partial charge in [-0.2, -0.15) is 9.97 Å². The number of hydrogen-bond donors (Lipinski definition) is 3. The Morgan fingerprint density at radius 1 is 1.00 bits per heavy atom. The fourth-order valence-electron chi connectivity index (χ4n) is 6.29. The van der Waals surface area contributed by atoms with Crippen molar-refractivity contribution in [3.05, 3.63) is 28.7 Å². The van der Waals surface area contributed by atoms with Crippen molar-refractivity contribution in [3.63, 3.8) is 0 Å². The predicted molar refractivity (Wildman–Crippen MR) is 148 cm³/mol. The minimum absolute atomic E-state index is 0.145. The summed E-state index contributed by atoms with van der Waals surface area (Å²) in [5.41, 5.74) is 7.91. The normalized spacial score (nSPS) is 24.9. The number of likely N-dealkylation sites (tertiary alicyclic amines) is 1. The first-order valence-electron chi connectivity index (χ1n) is 13.9. The van der Waals surface area contributed by atoms with E-state index in [1.165, 1.54) is 25.7 Å². The van der Waals surface area contributed by atoms with E-state index < -0.39 is 0 Å². The van der Waals surface area contributed by atoms with Gasteiger partial charge < -0.3 is 25.7 Å². The number of aldehydes is 1. The van der Waals surface area contributed by atoms with Gasteiger partial charge in [0.15, 0.2) is 17.0 Å². The standard InChI is InChI=1S/C27H38N8OS/c28-18-7-9-19(10-8-18)31-27-32-25(24-26(33-27)35(17-29-24)21-4-1-2-5-21)30-20-11-13-34(14-12-20)22(16-36)23-6-3-15-37-23/h3,6,15-22H,1-2,4-5,7-14,28H2,(H2,30,31,32,33). The number of piperidine rings is 1. The largest absolute Gasteiger partial charge is 0.365 e. The highest BCUT2D eigenvalue weighted by Crippen LogP contribution is 2.34. The molecule has 37 heavy (non-hydrogen) atoms. The maximum atomic E-state index is 11.9. The lowest BCUT2D eigenvalue weighted by atomic mass is 9.92. The fourth-order valence-corrected chi connectivity index (χ4v) is 7.10. The summed E-state index contributed by atoms with van der Waals surface area (Å²) in [6.45, 7) is 1.74. The summed E-state index contributed by atoms with van der Waals surface area (Å²) in [6.07, 6.45) is 14.0. The second kappa shape index (κ2) is 11.0. The number of nitrogens with two attached hydrogens (primary N) is 1. The van der Waals surface area contributed by atoms with Crippen LogP contribution >= 0.6 is 11.3 Å². The number of carbonyl (C=O) groups excluding carboxylic acids is 1. The third kappa shape index (κ3) is 5.37. The zero-order valence-corrected chi connectivity index (χ0v) is 22.2. The molecule has 2 aliphatic carbocycles. The quantitative estimate of drug-likeness (QED) is 0.371. The SMILES string of the molecule is NC1CCC(Nc2nc(NC3CCN(C(C=O)c4cccs4)CC3)c3ncn(C4CCCC4)c3n2)CC1. The molecule has 0 amide bonds. The number of rotatable bonds is 8. The van der Waals surface area contributed by atoms with Crippen molar-refractivity contribution < 1.29 is 4.79 Å². The molecule has 9 nitrogen and oxygen atoms in total. The number of thiophene rings is 1. The maximum absolute atomic E-state index is 11.9. The lowest BCUT2D eigenvalue weighted by Gasteiger charge is -2.35. The molecule has 1 atom stereocenters. The Morgan fingerprint density at radius 3 is 2.46 bits per heavy atom. The summed E-state index contributed by atoms with van der Waals surface area (Å²) in [5.74, 6) is 1.51. The molecular weight excluding hydrogens is 484 g/mol. The summed E-state index contributed by atoms with van der Waals surface area (Å²) in [7, 11) is 0. The zero-order valence-electron chi connectivity index (χ0n) is 21.4. The molecule has 0 bridgehead atoms. The lowest BCUT2D eigenvalue weighted by molar-refractivity contribution is -0.112. The number of carbonyl (C=O) groups is 1. The third-order valence-corrected chi connectivity index (χ3v) is 9.41. The van der Waals surface area contributed by atoms with Crippen LogP contribution in [0.5, 0.6) is 0 Å². The van der Waals surface area contributed by atoms with Crippen molar-refractivity contribution in [2.45, 2.75) is 94.4 Å². The molecule has 0 aromatic carbocycles. The van der Waals surface area contributed by atoms with Crippen molar-refractivity contribution in [2.75, 3.05) is 23.7 Å². The molecule has 0 radical (unpaired) electrons. The molecule has 2 saturated carbocycles. The Hall–Kier alpha value is -2.56. The Labute approximate surface area is 222 Å². The monoisotopic (exact) mass is 522 g/mol. The van der Waals surface area contributed by atoms with Crippen LogP contribution in [0.2, 0.25) is 0 Å². The van der Waals surface area contributed by atoms with E-state index in [2.05, 4.69) is 26.2 Å². The molecule has 1 aliphatic heterocycles. The molecule has 3 aliphatic rings. The van der Waals surface area contributed by atoms with Gasteiger partial charge in [-0.15, -0.1) is 11.3 Å². The van der Waals surface area contributed by atoms with E-state index in [-0.39, 0.29) is 12.1 Å². The maximum Gasteiger partial charge on any atom is 0.227 e. The van der Waals surface area contributed by atoms with Crippen LogP contribution in [-0.2, 0) is 4.79 Å².